The summed E-state index contributed by atoms with van der Waals surface area (Å²) in [5.74, 6) is 0. The minimum Gasteiger partial charge on any atom is -0.311 e. The third-order valence-corrected chi connectivity index (χ3v) is 4.73. The van der Waals surface area contributed by atoms with Gasteiger partial charge in [0.25, 0.3) is 0 Å². The van der Waals surface area contributed by atoms with E-state index in [1.165, 1.54) is 42.0 Å². The lowest BCUT2D eigenvalue weighted by atomic mass is 10.1. The first-order valence-electron chi connectivity index (χ1n) is 8.21. The molecule has 1 N–H and O–H groups in total. The highest BCUT2D eigenvalue weighted by molar-refractivity contribution is 5.82. The molecule has 0 bridgehead atoms. The molecule has 0 saturated heterocycles. The van der Waals surface area contributed by atoms with Gasteiger partial charge in [0.05, 0.1) is 0 Å². The zero-order valence-corrected chi connectivity index (χ0v) is 13.0. The maximum absolute atomic E-state index is 3.58. The van der Waals surface area contributed by atoms with Gasteiger partial charge in [0.1, 0.15) is 0 Å². The van der Waals surface area contributed by atoms with Crippen molar-refractivity contribution in [2.75, 3.05) is 20.1 Å². The first-order valence-corrected chi connectivity index (χ1v) is 8.21. The molecule has 0 aromatic heterocycles. The highest BCUT2D eigenvalue weighted by Gasteiger charge is 2.18. The molecule has 2 nitrogen and oxygen atoms in total. The second-order valence-electron chi connectivity index (χ2n) is 6.28. The van der Waals surface area contributed by atoms with Crippen LogP contribution in [0.5, 0.6) is 0 Å². The predicted octanol–water partition coefficient (Wildman–Crippen LogP) is 3.80. The first-order chi connectivity index (χ1) is 10.3. The molecule has 1 aliphatic rings. The van der Waals surface area contributed by atoms with Crippen LogP contribution in [0.25, 0.3) is 10.8 Å². The lowest BCUT2D eigenvalue weighted by Crippen LogP contribution is -2.35. The van der Waals surface area contributed by atoms with Crippen LogP contribution in [-0.4, -0.2) is 31.1 Å². The molecule has 2 aromatic rings. The van der Waals surface area contributed by atoms with Crippen molar-refractivity contribution in [2.24, 2.45) is 0 Å². The molecule has 1 saturated carbocycles. The molecule has 1 fully saturated rings. The number of fused-ring (bicyclic) bond motifs is 1. The number of hydrogen-bond acceptors (Lipinski definition) is 2. The lowest BCUT2D eigenvalue weighted by Gasteiger charge is -2.24. The Morgan fingerprint density at radius 3 is 2.62 bits per heavy atom. The van der Waals surface area contributed by atoms with E-state index < -0.39 is 0 Å². The van der Waals surface area contributed by atoms with Crippen LogP contribution in [-0.2, 0) is 6.54 Å². The van der Waals surface area contributed by atoms with E-state index in [0.717, 1.165) is 25.7 Å². The number of nitrogens with zero attached hydrogens (tertiary/aromatic N) is 1. The lowest BCUT2D eigenvalue weighted by molar-refractivity contribution is 0.245. The zero-order valence-electron chi connectivity index (χ0n) is 13.0. The normalized spacial score (nSPS) is 16.1. The van der Waals surface area contributed by atoms with Gasteiger partial charge >= 0.3 is 0 Å². The summed E-state index contributed by atoms with van der Waals surface area (Å²) in [5, 5.41) is 6.23. The average Bonchev–Trinajstić information content (AvgIpc) is 3.06. The molecule has 0 aliphatic heterocycles. The Balaban J connectivity index is 1.45. The van der Waals surface area contributed by atoms with Crippen LogP contribution >= 0.6 is 0 Å². The molecule has 2 heteroatoms. The van der Waals surface area contributed by atoms with Crippen molar-refractivity contribution in [2.45, 2.75) is 38.3 Å². The molecule has 0 atom stereocenters. The van der Waals surface area contributed by atoms with Crippen LogP contribution in [0.4, 0.5) is 0 Å². The Morgan fingerprint density at radius 2 is 1.81 bits per heavy atom. The maximum Gasteiger partial charge on any atom is 0.0206 e. The van der Waals surface area contributed by atoms with Gasteiger partial charge in [-0.2, -0.15) is 0 Å². The fourth-order valence-corrected chi connectivity index (χ4v) is 3.36. The molecular formula is C19H26N2. The smallest absolute Gasteiger partial charge is 0.0206 e. The first kappa shape index (κ1) is 14.6. The summed E-state index contributed by atoms with van der Waals surface area (Å²) in [6, 6.07) is 16.1. The molecule has 0 radical (unpaired) electrons. The Kier molecular flexibility index (Phi) is 4.89. The van der Waals surface area contributed by atoms with E-state index >= 15 is 0 Å². The summed E-state index contributed by atoms with van der Waals surface area (Å²) in [7, 11) is 2.27. The monoisotopic (exact) mass is 282 g/mol. The molecule has 3 rings (SSSR count). The number of likely N-dealkylation sites (N-methyl/N-ethyl adjacent to an activating group) is 1. The third-order valence-electron chi connectivity index (χ3n) is 4.73. The Morgan fingerprint density at radius 1 is 1.05 bits per heavy atom. The van der Waals surface area contributed by atoms with E-state index in [0.29, 0.717) is 0 Å². The van der Waals surface area contributed by atoms with Gasteiger partial charge in [-0.1, -0.05) is 49.2 Å². The van der Waals surface area contributed by atoms with Gasteiger partial charge in [-0.3, -0.25) is 0 Å². The summed E-state index contributed by atoms with van der Waals surface area (Å²) < 4.78 is 0. The summed E-state index contributed by atoms with van der Waals surface area (Å²) in [5.41, 5.74) is 1.37. The average molecular weight is 282 g/mol. The second-order valence-corrected chi connectivity index (χ2v) is 6.28. The van der Waals surface area contributed by atoms with E-state index in [1.54, 1.807) is 0 Å². The van der Waals surface area contributed by atoms with Crippen LogP contribution in [0, 0.1) is 0 Å². The maximum atomic E-state index is 3.58. The summed E-state index contributed by atoms with van der Waals surface area (Å²) >= 11 is 0. The van der Waals surface area contributed by atoms with Crippen LogP contribution in [0.15, 0.2) is 42.5 Å². The highest BCUT2D eigenvalue weighted by Crippen LogP contribution is 2.21. The second kappa shape index (κ2) is 7.06. The topological polar surface area (TPSA) is 15.3 Å². The Hall–Kier alpha value is -1.38. The van der Waals surface area contributed by atoms with Gasteiger partial charge in [-0.15, -0.1) is 0 Å². The standard InChI is InChI=1S/C19H26N2/c1-21(19-8-4-5-9-19)13-12-20-15-16-10-11-17-6-2-3-7-18(17)14-16/h2-3,6-7,10-11,14,19-20H,4-5,8-9,12-13,15H2,1H3. The minimum atomic E-state index is 0.826. The van der Waals surface area contributed by atoms with E-state index in [-0.39, 0.29) is 0 Å². The molecule has 0 amide bonds. The molecule has 0 unspecified atom stereocenters. The number of rotatable bonds is 6. The van der Waals surface area contributed by atoms with E-state index in [2.05, 4.69) is 59.7 Å². The number of benzene rings is 2. The quantitative estimate of drug-likeness (QED) is 0.811. The highest BCUT2D eigenvalue weighted by atomic mass is 15.1. The van der Waals surface area contributed by atoms with Gasteiger partial charge in [0, 0.05) is 25.7 Å². The van der Waals surface area contributed by atoms with Crippen molar-refractivity contribution in [1.29, 1.82) is 0 Å². The van der Waals surface area contributed by atoms with Gasteiger partial charge in [-0.25, -0.2) is 0 Å². The molecule has 21 heavy (non-hydrogen) atoms. The Labute approximate surface area is 128 Å². The van der Waals surface area contributed by atoms with Crippen LogP contribution in [0.3, 0.4) is 0 Å². The van der Waals surface area contributed by atoms with Crippen molar-refractivity contribution in [1.82, 2.24) is 10.2 Å². The number of hydrogen-bond donors (Lipinski definition) is 1. The van der Waals surface area contributed by atoms with Crippen molar-refractivity contribution in [3.05, 3.63) is 48.0 Å². The van der Waals surface area contributed by atoms with Gasteiger partial charge in [-0.05, 0) is 42.3 Å². The number of nitrogens with one attached hydrogen (secondary N) is 1. The Bertz CT molecular complexity index is 573. The largest absolute Gasteiger partial charge is 0.311 e. The fourth-order valence-electron chi connectivity index (χ4n) is 3.36. The third kappa shape index (κ3) is 3.84. The minimum absolute atomic E-state index is 0.826. The van der Waals surface area contributed by atoms with Gasteiger partial charge in [0.15, 0.2) is 0 Å². The van der Waals surface area contributed by atoms with E-state index in [4.69, 9.17) is 0 Å². The SMILES string of the molecule is CN(CCNCc1ccc2ccccc2c1)C1CCCC1. The molecular weight excluding hydrogens is 256 g/mol. The van der Waals surface area contributed by atoms with Gasteiger partial charge in [0.2, 0.25) is 0 Å². The molecule has 0 spiro atoms. The summed E-state index contributed by atoms with van der Waals surface area (Å²) in [6.07, 6.45) is 5.61. The van der Waals surface area contributed by atoms with Crippen molar-refractivity contribution in [3.8, 4) is 0 Å². The van der Waals surface area contributed by atoms with E-state index in [1.807, 2.05) is 0 Å². The summed E-state index contributed by atoms with van der Waals surface area (Å²) in [4.78, 5) is 2.53. The fraction of sp³-hybridized carbons (Fsp3) is 0.474. The van der Waals surface area contributed by atoms with Crippen LogP contribution in [0.1, 0.15) is 31.2 Å². The van der Waals surface area contributed by atoms with Crippen molar-refractivity contribution < 1.29 is 0 Å². The van der Waals surface area contributed by atoms with Crippen molar-refractivity contribution >= 4 is 10.8 Å². The van der Waals surface area contributed by atoms with E-state index in [9.17, 15) is 0 Å². The molecule has 0 heterocycles. The van der Waals surface area contributed by atoms with Crippen molar-refractivity contribution in [3.63, 3.8) is 0 Å². The summed E-state index contributed by atoms with van der Waals surface area (Å²) in [6.45, 7) is 3.18. The zero-order chi connectivity index (χ0) is 14.5. The molecule has 1 aliphatic carbocycles. The van der Waals surface area contributed by atoms with Crippen LogP contribution < -0.4 is 5.32 Å². The predicted molar refractivity (Wildman–Crippen MR) is 90.5 cm³/mol. The molecule has 112 valence electrons. The molecule has 2 aromatic carbocycles. The van der Waals surface area contributed by atoms with Crippen LogP contribution in [0.2, 0.25) is 0 Å². The van der Waals surface area contributed by atoms with Gasteiger partial charge < -0.3 is 10.2 Å².